The van der Waals surface area contributed by atoms with Gasteiger partial charge in [-0.05, 0) is 0 Å². The van der Waals surface area contributed by atoms with Crippen molar-refractivity contribution in [2.45, 2.75) is 134 Å². The molecule has 0 saturated carbocycles. The number of nitrogens with one attached hydrogen (secondary N) is 5. The van der Waals surface area contributed by atoms with Gasteiger partial charge in [0.25, 0.3) is 120 Å². The van der Waals surface area contributed by atoms with Crippen molar-refractivity contribution in [3.63, 3.8) is 0 Å². The van der Waals surface area contributed by atoms with Crippen LogP contribution in [-0.4, -0.2) is 235 Å². The Balaban J connectivity index is 7.95. The lowest BCUT2D eigenvalue weighted by atomic mass is 10.2. The smallest absolute Gasteiger partial charge is 0.223 e. The summed E-state index contributed by atoms with van der Waals surface area (Å²) in [5.74, 6) is -116. The molecule has 0 aliphatic heterocycles. The third-order valence-electron chi connectivity index (χ3n) is 11.9. The van der Waals surface area contributed by atoms with Gasteiger partial charge in [-0.1, -0.05) is 20.6 Å². The Labute approximate surface area is 595 Å². The number of nitrogens with two attached hydrogens (primary N) is 2. The van der Waals surface area contributed by atoms with E-state index in [4.69, 9.17) is 0 Å². The van der Waals surface area contributed by atoms with E-state index in [-0.39, 0.29) is 0 Å². The van der Waals surface area contributed by atoms with Gasteiger partial charge in [0.1, 0.15) is 0 Å². The van der Waals surface area contributed by atoms with Crippen LogP contribution < -0.4 is 30.9 Å². The molecule has 31 nitrogen and oxygen atoms in total. The third-order valence-corrected chi connectivity index (χ3v) is 32.0. The summed E-state index contributed by atoms with van der Waals surface area (Å²) >= 11 is 0. The second-order valence-corrected chi connectivity index (χ2v) is 41.4. The molecule has 0 aromatic rings. The van der Waals surface area contributed by atoms with Crippen molar-refractivity contribution in [1.29, 1.82) is 0 Å². The van der Waals surface area contributed by atoms with Gasteiger partial charge in [-0.25, -0.2) is 111 Å². The molecular formula is C24H9F48N7O24S12. The summed E-state index contributed by atoms with van der Waals surface area (Å²) < 4.78 is 952. The summed E-state index contributed by atoms with van der Waals surface area (Å²) in [6.45, 7) is 0. The molecule has 115 heavy (non-hydrogen) atoms. The van der Waals surface area contributed by atoms with E-state index in [9.17, 15) is 312 Å². The van der Waals surface area contributed by atoms with Gasteiger partial charge in [-0.3, -0.25) is 0 Å². The molecule has 0 spiro atoms. The molecule has 0 aromatic carbocycles. The number of hydrogen-bond donors (Lipinski definition) is 7. The molecule has 0 radical (unpaired) electrons. The second kappa shape index (κ2) is 27.6. The van der Waals surface area contributed by atoms with Crippen LogP contribution in [0.25, 0.3) is 0 Å². The van der Waals surface area contributed by atoms with Gasteiger partial charge in [-0.15, -0.1) is 0 Å². The first kappa shape index (κ1) is 111. The quantitative estimate of drug-likeness (QED) is 0.0431. The number of alkyl halides is 48. The highest BCUT2D eigenvalue weighted by Gasteiger charge is 2.96. The molecule has 692 valence electrons. The molecule has 0 rings (SSSR count). The van der Waals surface area contributed by atoms with Gasteiger partial charge in [0.2, 0.25) is 0 Å². The van der Waals surface area contributed by atoms with Crippen LogP contribution in [0.4, 0.5) is 211 Å². The predicted octanol–water partition coefficient (Wildman–Crippen LogP) is 3.55. The van der Waals surface area contributed by atoms with Gasteiger partial charge in [0.05, 0.1) is 0 Å². The van der Waals surface area contributed by atoms with Crippen molar-refractivity contribution in [3.05, 3.63) is 0 Å². The third kappa shape index (κ3) is 14.6. The van der Waals surface area contributed by atoms with E-state index in [2.05, 4.69) is 10.3 Å². The monoisotopic (exact) mass is 2070 g/mol. The topological polar surface area (TPSA) is 522 Å². The van der Waals surface area contributed by atoms with E-state index in [0.717, 1.165) is 0 Å². The Morgan fingerprint density at radius 1 is 0.122 bits per heavy atom. The number of halogens is 48. The number of hydrogen-bond acceptors (Lipinski definition) is 24. The molecule has 0 amide bonds. The fourth-order valence-corrected chi connectivity index (χ4v) is 21.1. The molecule has 9 N–H and O–H groups in total. The van der Waals surface area contributed by atoms with Crippen molar-refractivity contribution in [3.8, 4) is 0 Å². The normalized spacial score (nSPS) is 17.3. The summed E-state index contributed by atoms with van der Waals surface area (Å²) in [4.78, 5) is 0. The Morgan fingerprint density at radius 3 is 0.226 bits per heavy atom. The van der Waals surface area contributed by atoms with Crippen LogP contribution in [0.1, 0.15) is 0 Å². The largest absolute Gasteiger partial charge is 0.428 e. The van der Waals surface area contributed by atoms with Gasteiger partial charge >= 0.3 is 134 Å². The summed E-state index contributed by atoms with van der Waals surface area (Å²) in [6.07, 6.45) is 0. The van der Waals surface area contributed by atoms with Crippen molar-refractivity contribution < 1.29 is 312 Å². The average molecular weight is 2080 g/mol. The Hall–Kier alpha value is -4.24. The summed E-state index contributed by atoms with van der Waals surface area (Å²) in [5, 5.41) is -105. The van der Waals surface area contributed by atoms with Crippen LogP contribution in [0.2, 0.25) is 0 Å². The Bertz CT molecular complexity index is 5000. The molecule has 0 bridgehead atoms. The molecule has 0 aromatic heterocycles. The van der Waals surface area contributed by atoms with Crippen LogP contribution >= 0.6 is 0 Å². The fourth-order valence-electron chi connectivity index (χ4n) is 5.48. The van der Waals surface area contributed by atoms with E-state index < -0.39 is 275 Å². The minimum atomic E-state index is -10.4. The SMILES string of the molecule is NS(=O)(=O)C(F)(F)C(F)(F)C(F)(F)C(F)(F)S(=O)(=O)NS(=O)(=O)C(F)(F)C(F)(F)C(F)(F)C(F)(F)S(=O)(=O)NS(=O)(=O)C(F)(F)C(F)(F)C(F)(F)C(F)(F)S(=O)(=O)NS(=O)(=O)C(F)(F)C(F)(F)C(F)(F)C(F)(F)S(=O)(=O)NS(=O)(=O)C(F)(F)C(F)(F)C(F)(F)C(F)(F)S(=O)(=O)NS(=O)(=O)C(F)(F)C(F)(F)C(F)(F)C(F)(F)S(N)(=O)=O. The highest BCUT2D eigenvalue weighted by atomic mass is 32.3. The van der Waals surface area contributed by atoms with Crippen LogP contribution in [0.15, 0.2) is 0 Å². The van der Waals surface area contributed by atoms with Crippen molar-refractivity contribution in [1.82, 2.24) is 20.6 Å². The van der Waals surface area contributed by atoms with Crippen LogP contribution in [0.5, 0.6) is 0 Å². The standard InChI is InChI=1S/C24H9F48N7O24S12/c25-1(26,13(49,50)104(73,80)81)3(29,30)15(53,54)106(84,85)75-108(88,89)17(57,58)5(33,34)7(37,38)19(61,62)110(92,93)77-112(96,97)21(65,66)9(41,42)11(45,46)23(69,70)114(100,101)79-115(102,103)24(71,72)12(47,48)10(43,44)22(67,68)113(98,99)78-111(94,95)20(63,64)8(39,40)6(35,36)18(59,60)109(90,91)76-107(86,87)16(55,56)4(31,32)2(27,28)14(51,52)105(74,82)83/h75-79H,(H2,73,80,81)(H2,74,82,83). The lowest BCUT2D eigenvalue weighted by Crippen LogP contribution is -2.72. The molecule has 0 heterocycles. The van der Waals surface area contributed by atoms with Crippen LogP contribution in [-0.2, 0) is 120 Å². The molecular weight excluding hydrogens is 2070 g/mol. The maximum absolute atomic E-state index is 14.7. The zero-order valence-electron chi connectivity index (χ0n) is 48.5. The molecule has 0 unspecified atom stereocenters. The maximum atomic E-state index is 14.7. The number of rotatable bonds is 40. The maximum Gasteiger partial charge on any atom is 0.428 e. The Kier molecular flexibility index (Phi) is 26.6. The summed E-state index contributed by atoms with van der Waals surface area (Å²) in [6, 6.07) is 0. The van der Waals surface area contributed by atoms with Gasteiger partial charge in [0, 0.05) is 0 Å². The van der Waals surface area contributed by atoms with Gasteiger partial charge in [0.15, 0.2) is 0 Å². The van der Waals surface area contributed by atoms with Crippen LogP contribution in [0, 0.1) is 0 Å². The molecule has 0 atom stereocenters. The van der Waals surface area contributed by atoms with E-state index in [1.165, 1.54) is 0 Å². The van der Waals surface area contributed by atoms with E-state index >= 15 is 0 Å². The zero-order chi connectivity index (χ0) is 95.5. The van der Waals surface area contributed by atoms with Crippen molar-refractivity contribution in [2.75, 3.05) is 0 Å². The van der Waals surface area contributed by atoms with Gasteiger partial charge in [-0.2, -0.15) is 211 Å². The van der Waals surface area contributed by atoms with E-state index in [0.29, 0.717) is 0 Å². The minimum Gasteiger partial charge on any atom is -0.223 e. The highest BCUT2D eigenvalue weighted by Crippen LogP contribution is 2.64. The summed E-state index contributed by atoms with van der Waals surface area (Å²) in [5.41, 5.74) is 0. The molecule has 0 fully saturated rings. The second-order valence-electron chi connectivity index (χ2n) is 19.6. The number of sulfonamides is 12. The van der Waals surface area contributed by atoms with Gasteiger partial charge < -0.3 is 0 Å². The lowest BCUT2D eigenvalue weighted by molar-refractivity contribution is -0.327. The van der Waals surface area contributed by atoms with E-state index in [1.807, 2.05) is 0 Å². The number of primary sulfonamides is 2. The predicted molar refractivity (Wildman–Crippen MR) is 250 cm³/mol. The van der Waals surface area contributed by atoms with Crippen LogP contribution in [0.3, 0.4) is 0 Å². The highest BCUT2D eigenvalue weighted by molar-refractivity contribution is 8.08. The molecule has 0 aliphatic carbocycles. The Morgan fingerprint density at radius 2 is 0.174 bits per heavy atom. The van der Waals surface area contributed by atoms with E-state index in [1.54, 1.807) is 0 Å². The molecule has 0 saturated heterocycles. The van der Waals surface area contributed by atoms with Crippen molar-refractivity contribution in [2.24, 2.45) is 10.3 Å². The zero-order valence-corrected chi connectivity index (χ0v) is 58.3. The molecule has 0 aliphatic rings. The minimum absolute atomic E-state index is 2.28. The first-order valence-corrected chi connectivity index (χ1v) is 40.5. The summed E-state index contributed by atoms with van der Waals surface area (Å²) in [7, 11) is -118. The molecule has 91 heteroatoms. The lowest BCUT2D eigenvalue weighted by Gasteiger charge is -2.38. The first-order chi connectivity index (χ1) is 48.0. The average Bonchev–Trinajstić information content (AvgIpc) is 0.704. The fraction of sp³-hybridized carbons (Fsp3) is 1.00. The van der Waals surface area contributed by atoms with Crippen molar-refractivity contribution >= 4 is 120 Å². The first-order valence-electron chi connectivity index (χ1n) is 22.5.